The molecule has 22 heavy (non-hydrogen) atoms. The standard InChI is InChI=1S/C16H12N2O4/c1-8-11(7-21-18-8)15-17-14(16(19)22-15)10-6-9-4-3-5-12(20-2)13(9)10/h3-5,7H,6H2,1-2H3/b14-10+. The molecule has 1 aliphatic heterocycles. The molecule has 0 saturated carbocycles. The predicted octanol–water partition coefficient (Wildman–Crippen LogP) is 2.26. The number of aryl methyl sites for hydroxylation is 1. The molecule has 1 aliphatic carbocycles. The first-order chi connectivity index (χ1) is 10.7. The Morgan fingerprint density at radius 3 is 2.91 bits per heavy atom. The smallest absolute Gasteiger partial charge is 0.364 e. The van der Waals surface area contributed by atoms with Gasteiger partial charge in [-0.3, -0.25) is 0 Å². The Kier molecular flexibility index (Phi) is 2.66. The van der Waals surface area contributed by atoms with Gasteiger partial charge in [0.05, 0.1) is 18.4 Å². The third-order valence-electron chi connectivity index (χ3n) is 3.86. The molecular formula is C16H12N2O4. The molecule has 0 N–H and O–H groups in total. The number of aliphatic imine (C=N–C) groups is 1. The number of esters is 1. The van der Waals surface area contributed by atoms with E-state index in [0.29, 0.717) is 23.4 Å². The van der Waals surface area contributed by atoms with Crippen molar-refractivity contribution in [1.29, 1.82) is 0 Å². The number of hydrogen-bond acceptors (Lipinski definition) is 6. The maximum absolute atomic E-state index is 12.1. The second kappa shape index (κ2) is 4.56. The van der Waals surface area contributed by atoms with E-state index in [2.05, 4.69) is 10.1 Å². The van der Waals surface area contributed by atoms with E-state index < -0.39 is 5.97 Å². The SMILES string of the molecule is COc1cccc2c1/C(=C1/N=C(c3conc3C)OC1=O)C2. The van der Waals surface area contributed by atoms with Crippen molar-refractivity contribution in [3.8, 4) is 5.75 Å². The Balaban J connectivity index is 1.82. The molecule has 0 spiro atoms. The van der Waals surface area contributed by atoms with E-state index in [1.165, 1.54) is 6.26 Å². The Labute approximate surface area is 126 Å². The molecule has 6 heteroatoms. The Bertz CT molecular complexity index is 861. The highest BCUT2D eigenvalue weighted by atomic mass is 16.6. The molecule has 110 valence electrons. The van der Waals surface area contributed by atoms with Crippen LogP contribution in [0.3, 0.4) is 0 Å². The van der Waals surface area contributed by atoms with E-state index >= 15 is 0 Å². The van der Waals surface area contributed by atoms with Crippen LogP contribution in [0.25, 0.3) is 5.57 Å². The molecule has 2 heterocycles. The van der Waals surface area contributed by atoms with Crippen LogP contribution >= 0.6 is 0 Å². The van der Waals surface area contributed by atoms with Gasteiger partial charge in [-0.05, 0) is 18.6 Å². The molecule has 2 aromatic rings. The zero-order chi connectivity index (χ0) is 15.3. The van der Waals surface area contributed by atoms with Crippen LogP contribution in [0.1, 0.15) is 22.4 Å². The van der Waals surface area contributed by atoms with Gasteiger partial charge in [0.1, 0.15) is 12.0 Å². The maximum Gasteiger partial charge on any atom is 0.364 e. The van der Waals surface area contributed by atoms with Crippen LogP contribution in [0, 0.1) is 6.92 Å². The maximum atomic E-state index is 12.1. The number of aromatic nitrogens is 1. The van der Waals surface area contributed by atoms with Crippen molar-refractivity contribution in [2.75, 3.05) is 7.11 Å². The van der Waals surface area contributed by atoms with E-state index in [1.54, 1.807) is 14.0 Å². The summed E-state index contributed by atoms with van der Waals surface area (Å²) in [5.74, 6) is 0.514. The van der Waals surface area contributed by atoms with Gasteiger partial charge in [-0.15, -0.1) is 0 Å². The van der Waals surface area contributed by atoms with E-state index in [0.717, 1.165) is 22.4 Å². The number of allylic oxidation sites excluding steroid dienone is 1. The summed E-state index contributed by atoms with van der Waals surface area (Å²) in [7, 11) is 1.61. The minimum Gasteiger partial charge on any atom is -0.496 e. The second-order valence-corrected chi connectivity index (χ2v) is 5.12. The number of fused-ring (bicyclic) bond motifs is 1. The highest BCUT2D eigenvalue weighted by Crippen LogP contribution is 2.44. The van der Waals surface area contributed by atoms with E-state index in [-0.39, 0.29) is 5.90 Å². The molecule has 0 atom stereocenters. The minimum absolute atomic E-state index is 0.231. The van der Waals surface area contributed by atoms with Gasteiger partial charge in [-0.25, -0.2) is 9.79 Å². The van der Waals surface area contributed by atoms with E-state index in [9.17, 15) is 4.79 Å². The average molecular weight is 296 g/mol. The summed E-state index contributed by atoms with van der Waals surface area (Å²) in [4.78, 5) is 16.5. The molecule has 1 aromatic carbocycles. The van der Waals surface area contributed by atoms with Gasteiger partial charge >= 0.3 is 5.97 Å². The van der Waals surface area contributed by atoms with Crippen molar-refractivity contribution < 1.29 is 18.8 Å². The highest BCUT2D eigenvalue weighted by Gasteiger charge is 2.35. The number of ether oxygens (including phenoxy) is 2. The number of carbonyl (C=O) groups is 1. The third kappa shape index (κ3) is 1.70. The molecule has 6 nitrogen and oxygen atoms in total. The van der Waals surface area contributed by atoms with Gasteiger partial charge in [-0.2, -0.15) is 0 Å². The summed E-state index contributed by atoms with van der Waals surface area (Å²) < 4.78 is 15.5. The van der Waals surface area contributed by atoms with Gasteiger partial charge in [-0.1, -0.05) is 17.3 Å². The molecule has 4 rings (SSSR count). The van der Waals surface area contributed by atoms with Crippen LogP contribution in [0.5, 0.6) is 5.75 Å². The number of benzene rings is 1. The number of hydrogen-bond donors (Lipinski definition) is 0. The largest absolute Gasteiger partial charge is 0.496 e. The molecule has 0 bridgehead atoms. The number of cyclic esters (lactones) is 1. The molecule has 0 unspecified atom stereocenters. The lowest BCUT2D eigenvalue weighted by Gasteiger charge is -2.25. The van der Waals surface area contributed by atoms with Gasteiger partial charge in [0.15, 0.2) is 5.70 Å². The lowest BCUT2D eigenvalue weighted by Crippen LogP contribution is -2.14. The molecule has 0 radical (unpaired) electrons. The zero-order valence-electron chi connectivity index (χ0n) is 12.0. The van der Waals surface area contributed by atoms with Crippen molar-refractivity contribution in [1.82, 2.24) is 5.16 Å². The zero-order valence-corrected chi connectivity index (χ0v) is 12.0. The van der Waals surface area contributed by atoms with Crippen molar-refractivity contribution in [2.24, 2.45) is 4.99 Å². The normalized spacial score (nSPS) is 19.4. The summed E-state index contributed by atoms with van der Waals surface area (Å²) in [5.41, 5.74) is 4.46. The summed E-state index contributed by atoms with van der Waals surface area (Å²) in [5, 5.41) is 3.77. The predicted molar refractivity (Wildman–Crippen MR) is 77.5 cm³/mol. The van der Waals surface area contributed by atoms with Crippen molar-refractivity contribution in [3.63, 3.8) is 0 Å². The third-order valence-corrected chi connectivity index (χ3v) is 3.86. The quantitative estimate of drug-likeness (QED) is 0.627. The monoisotopic (exact) mass is 296 g/mol. The van der Waals surface area contributed by atoms with Crippen molar-refractivity contribution >= 4 is 17.4 Å². The second-order valence-electron chi connectivity index (χ2n) is 5.12. The highest BCUT2D eigenvalue weighted by molar-refractivity contribution is 6.15. The molecule has 0 amide bonds. The fraction of sp³-hybridized carbons (Fsp3) is 0.188. The van der Waals surface area contributed by atoms with Gasteiger partial charge in [0.25, 0.3) is 0 Å². The van der Waals surface area contributed by atoms with E-state index in [1.807, 2.05) is 18.2 Å². The number of nitrogens with zero attached hydrogens (tertiary/aromatic N) is 2. The number of rotatable bonds is 2. The molecular weight excluding hydrogens is 284 g/mol. The first-order valence-electron chi connectivity index (χ1n) is 6.80. The fourth-order valence-electron chi connectivity index (χ4n) is 2.72. The number of methoxy groups -OCH3 is 1. The average Bonchev–Trinajstić information content (AvgIpc) is 3.06. The first kappa shape index (κ1) is 12.8. The summed E-state index contributed by atoms with van der Waals surface area (Å²) in [6.07, 6.45) is 2.10. The topological polar surface area (TPSA) is 73.9 Å². The molecule has 1 aromatic heterocycles. The summed E-state index contributed by atoms with van der Waals surface area (Å²) in [6.45, 7) is 1.77. The van der Waals surface area contributed by atoms with Gasteiger partial charge in [0, 0.05) is 17.6 Å². The van der Waals surface area contributed by atoms with Crippen LogP contribution < -0.4 is 4.74 Å². The van der Waals surface area contributed by atoms with Crippen LogP contribution in [0.4, 0.5) is 0 Å². The van der Waals surface area contributed by atoms with E-state index in [4.69, 9.17) is 14.0 Å². The lowest BCUT2D eigenvalue weighted by molar-refractivity contribution is -0.129. The Morgan fingerprint density at radius 1 is 1.32 bits per heavy atom. The lowest BCUT2D eigenvalue weighted by atomic mass is 9.81. The van der Waals surface area contributed by atoms with Crippen molar-refractivity contribution in [2.45, 2.75) is 13.3 Å². The van der Waals surface area contributed by atoms with Crippen LogP contribution in [-0.2, 0) is 16.0 Å². The molecule has 0 saturated heterocycles. The molecule has 2 aliphatic rings. The van der Waals surface area contributed by atoms with Crippen LogP contribution in [0.15, 0.2) is 39.7 Å². The fourth-order valence-corrected chi connectivity index (χ4v) is 2.72. The van der Waals surface area contributed by atoms with Crippen molar-refractivity contribution in [3.05, 3.63) is 52.5 Å². The summed E-state index contributed by atoms with van der Waals surface area (Å²) >= 11 is 0. The Hall–Kier alpha value is -2.89. The summed E-state index contributed by atoms with van der Waals surface area (Å²) in [6, 6.07) is 5.81. The van der Waals surface area contributed by atoms with Crippen LogP contribution in [0.2, 0.25) is 0 Å². The van der Waals surface area contributed by atoms with Gasteiger partial charge in [0.2, 0.25) is 5.90 Å². The first-order valence-corrected chi connectivity index (χ1v) is 6.80. The van der Waals surface area contributed by atoms with Gasteiger partial charge < -0.3 is 14.0 Å². The van der Waals surface area contributed by atoms with Crippen LogP contribution in [-0.4, -0.2) is 24.1 Å². The number of carbonyl (C=O) groups excluding carboxylic acids is 1. The molecule has 0 fully saturated rings. The Morgan fingerprint density at radius 2 is 2.18 bits per heavy atom. The minimum atomic E-state index is -0.456.